The Kier molecular flexibility index (Phi) is 7.23. The van der Waals surface area contributed by atoms with E-state index in [4.69, 9.17) is 0 Å². The van der Waals surface area contributed by atoms with Gasteiger partial charge in [0.2, 0.25) is 10.0 Å². The molecule has 0 radical (unpaired) electrons. The third-order valence-corrected chi connectivity index (χ3v) is 4.17. The zero-order valence-electron chi connectivity index (χ0n) is 12.8. The van der Waals surface area contributed by atoms with Gasteiger partial charge < -0.3 is 16.0 Å². The molecule has 0 aliphatic carbocycles. The standard InChI is InChI=1S/C14H20N4O4S/c1-3-7-18-23(21,22)12-6-4-5-11(10-12)13(19)16-8-9-17-14(20)15-2/h3-6,10,18H,1,7-9H2,2H3,(H,16,19)(H2,15,17,20). The molecule has 0 aliphatic rings. The van der Waals surface area contributed by atoms with E-state index in [1.165, 1.54) is 37.4 Å². The van der Waals surface area contributed by atoms with E-state index >= 15 is 0 Å². The molecule has 0 heterocycles. The second-order valence-corrected chi connectivity index (χ2v) is 6.20. The molecule has 3 amide bonds. The maximum Gasteiger partial charge on any atom is 0.314 e. The first-order valence-electron chi connectivity index (χ1n) is 6.85. The van der Waals surface area contributed by atoms with Crippen molar-refractivity contribution in [2.24, 2.45) is 0 Å². The maximum atomic E-state index is 12.0. The zero-order valence-corrected chi connectivity index (χ0v) is 13.6. The van der Waals surface area contributed by atoms with Crippen molar-refractivity contribution in [2.45, 2.75) is 4.90 Å². The summed E-state index contributed by atoms with van der Waals surface area (Å²) in [5, 5.41) is 7.49. The Morgan fingerprint density at radius 3 is 2.57 bits per heavy atom. The van der Waals surface area contributed by atoms with E-state index in [1.54, 1.807) is 0 Å². The van der Waals surface area contributed by atoms with E-state index in [1.807, 2.05) is 0 Å². The van der Waals surface area contributed by atoms with Crippen molar-refractivity contribution in [3.8, 4) is 0 Å². The number of sulfonamides is 1. The lowest BCUT2D eigenvalue weighted by atomic mass is 10.2. The normalized spacial score (nSPS) is 10.7. The molecule has 1 rings (SSSR count). The van der Waals surface area contributed by atoms with Gasteiger partial charge in [-0.15, -0.1) is 6.58 Å². The number of benzene rings is 1. The summed E-state index contributed by atoms with van der Waals surface area (Å²) in [6, 6.07) is 5.33. The quantitative estimate of drug-likeness (QED) is 0.388. The van der Waals surface area contributed by atoms with Gasteiger partial charge in [0.25, 0.3) is 5.91 Å². The minimum absolute atomic E-state index is 0.00418. The first-order valence-corrected chi connectivity index (χ1v) is 8.33. The van der Waals surface area contributed by atoms with Crippen molar-refractivity contribution in [3.63, 3.8) is 0 Å². The van der Waals surface area contributed by atoms with Crippen LogP contribution in [0.2, 0.25) is 0 Å². The molecule has 126 valence electrons. The highest BCUT2D eigenvalue weighted by atomic mass is 32.2. The lowest BCUT2D eigenvalue weighted by Crippen LogP contribution is -2.38. The third kappa shape index (κ3) is 6.09. The summed E-state index contributed by atoms with van der Waals surface area (Å²) in [5.74, 6) is -0.426. The van der Waals surface area contributed by atoms with Crippen LogP contribution in [-0.2, 0) is 10.0 Å². The van der Waals surface area contributed by atoms with Crippen LogP contribution in [0, 0.1) is 0 Å². The Morgan fingerprint density at radius 1 is 1.22 bits per heavy atom. The van der Waals surface area contributed by atoms with Gasteiger partial charge in [0.1, 0.15) is 0 Å². The van der Waals surface area contributed by atoms with Crippen molar-refractivity contribution in [2.75, 3.05) is 26.7 Å². The predicted molar refractivity (Wildman–Crippen MR) is 86.6 cm³/mol. The Balaban J connectivity index is 2.67. The molecule has 0 unspecified atom stereocenters. The molecule has 0 saturated carbocycles. The number of carbonyl (C=O) groups excluding carboxylic acids is 2. The van der Waals surface area contributed by atoms with Gasteiger partial charge in [-0.05, 0) is 18.2 Å². The van der Waals surface area contributed by atoms with Gasteiger partial charge in [-0.25, -0.2) is 17.9 Å². The highest BCUT2D eigenvalue weighted by Crippen LogP contribution is 2.11. The van der Waals surface area contributed by atoms with Crippen molar-refractivity contribution < 1.29 is 18.0 Å². The van der Waals surface area contributed by atoms with Crippen LogP contribution in [0.15, 0.2) is 41.8 Å². The van der Waals surface area contributed by atoms with Gasteiger partial charge in [0.15, 0.2) is 0 Å². The molecule has 0 atom stereocenters. The van der Waals surface area contributed by atoms with E-state index in [9.17, 15) is 18.0 Å². The fraction of sp³-hybridized carbons (Fsp3) is 0.286. The lowest BCUT2D eigenvalue weighted by Gasteiger charge is -2.09. The minimum atomic E-state index is -3.68. The van der Waals surface area contributed by atoms with Crippen LogP contribution in [0.25, 0.3) is 0 Å². The number of urea groups is 1. The Hall–Kier alpha value is -2.39. The molecule has 1 aromatic carbocycles. The molecule has 0 saturated heterocycles. The topological polar surface area (TPSA) is 116 Å². The molecule has 0 spiro atoms. The van der Waals surface area contributed by atoms with E-state index in [-0.39, 0.29) is 36.1 Å². The van der Waals surface area contributed by atoms with Gasteiger partial charge >= 0.3 is 6.03 Å². The van der Waals surface area contributed by atoms with Crippen molar-refractivity contribution >= 4 is 22.0 Å². The average Bonchev–Trinajstić information content (AvgIpc) is 2.56. The van der Waals surface area contributed by atoms with Crippen LogP contribution in [0.5, 0.6) is 0 Å². The van der Waals surface area contributed by atoms with Gasteiger partial charge in [-0.2, -0.15) is 0 Å². The molecule has 1 aromatic rings. The lowest BCUT2D eigenvalue weighted by molar-refractivity contribution is 0.0953. The number of hydrogen-bond acceptors (Lipinski definition) is 4. The highest BCUT2D eigenvalue weighted by molar-refractivity contribution is 7.89. The van der Waals surface area contributed by atoms with Gasteiger partial charge in [-0.1, -0.05) is 12.1 Å². The van der Waals surface area contributed by atoms with E-state index in [2.05, 4.69) is 27.3 Å². The van der Waals surface area contributed by atoms with E-state index in [0.29, 0.717) is 0 Å². The Bertz CT molecular complexity index is 673. The molecule has 0 aromatic heterocycles. The van der Waals surface area contributed by atoms with Crippen LogP contribution in [0.4, 0.5) is 4.79 Å². The van der Waals surface area contributed by atoms with Crippen LogP contribution in [0.3, 0.4) is 0 Å². The minimum Gasteiger partial charge on any atom is -0.350 e. The summed E-state index contributed by atoms with van der Waals surface area (Å²) in [7, 11) is -2.20. The monoisotopic (exact) mass is 340 g/mol. The second-order valence-electron chi connectivity index (χ2n) is 4.43. The highest BCUT2D eigenvalue weighted by Gasteiger charge is 2.15. The van der Waals surface area contributed by atoms with Crippen LogP contribution in [-0.4, -0.2) is 47.0 Å². The van der Waals surface area contributed by atoms with E-state index < -0.39 is 15.9 Å². The molecule has 0 bridgehead atoms. The fourth-order valence-electron chi connectivity index (χ4n) is 1.60. The summed E-state index contributed by atoms with van der Waals surface area (Å²) in [4.78, 5) is 22.9. The van der Waals surface area contributed by atoms with Crippen LogP contribution < -0.4 is 20.7 Å². The number of amides is 3. The summed E-state index contributed by atoms with van der Waals surface area (Å²) < 4.78 is 26.3. The molecule has 0 aliphatic heterocycles. The SMILES string of the molecule is C=CCNS(=O)(=O)c1cccc(C(=O)NCCNC(=O)NC)c1. The summed E-state index contributed by atoms with van der Waals surface area (Å²) in [6.07, 6.45) is 1.42. The molecule has 23 heavy (non-hydrogen) atoms. The number of nitrogens with one attached hydrogen (secondary N) is 4. The first kappa shape index (κ1) is 18.7. The van der Waals surface area contributed by atoms with Gasteiger partial charge in [-0.3, -0.25) is 4.79 Å². The third-order valence-electron chi connectivity index (χ3n) is 2.75. The number of hydrogen-bond donors (Lipinski definition) is 4. The van der Waals surface area contributed by atoms with Crippen molar-refractivity contribution in [3.05, 3.63) is 42.5 Å². The summed E-state index contributed by atoms with van der Waals surface area (Å²) in [5.41, 5.74) is 0.214. The molecule has 0 fully saturated rings. The maximum absolute atomic E-state index is 12.0. The molecule has 4 N–H and O–H groups in total. The largest absolute Gasteiger partial charge is 0.350 e. The van der Waals surface area contributed by atoms with Gasteiger partial charge in [0.05, 0.1) is 4.90 Å². The second kappa shape index (κ2) is 8.91. The Labute approximate surface area is 135 Å². The number of carbonyl (C=O) groups is 2. The Morgan fingerprint density at radius 2 is 1.91 bits per heavy atom. The summed E-state index contributed by atoms with van der Waals surface area (Å²) >= 11 is 0. The first-order chi connectivity index (χ1) is 10.9. The van der Waals surface area contributed by atoms with E-state index in [0.717, 1.165) is 0 Å². The molecule has 8 nitrogen and oxygen atoms in total. The average molecular weight is 340 g/mol. The molecular formula is C14H20N4O4S. The zero-order chi connectivity index (χ0) is 17.3. The van der Waals surface area contributed by atoms with Crippen molar-refractivity contribution in [1.82, 2.24) is 20.7 Å². The number of rotatable bonds is 8. The van der Waals surface area contributed by atoms with Gasteiger partial charge in [0, 0.05) is 32.2 Å². The van der Waals surface area contributed by atoms with Crippen molar-refractivity contribution in [1.29, 1.82) is 0 Å². The summed E-state index contributed by atoms with van der Waals surface area (Å²) in [6.45, 7) is 4.01. The smallest absolute Gasteiger partial charge is 0.314 e. The van der Waals surface area contributed by atoms with Crippen LogP contribution >= 0.6 is 0 Å². The molecule has 9 heteroatoms. The predicted octanol–water partition coefficient (Wildman–Crippen LogP) is -0.190. The molecular weight excluding hydrogens is 320 g/mol. The fourth-order valence-corrected chi connectivity index (χ4v) is 2.64. The van der Waals surface area contributed by atoms with Crippen LogP contribution in [0.1, 0.15) is 10.4 Å².